The molecule has 3 nitrogen and oxygen atoms in total. The first-order valence-corrected chi connectivity index (χ1v) is 9.83. The number of hydrogen-bond donors (Lipinski definition) is 0. The van der Waals surface area contributed by atoms with E-state index in [1.54, 1.807) is 0 Å². The van der Waals surface area contributed by atoms with Crippen molar-refractivity contribution in [2.75, 3.05) is 19.7 Å². The van der Waals surface area contributed by atoms with Gasteiger partial charge in [0.15, 0.2) is 0 Å². The number of amides is 1. The van der Waals surface area contributed by atoms with E-state index in [2.05, 4.69) is 61.5 Å². The summed E-state index contributed by atoms with van der Waals surface area (Å²) in [5.41, 5.74) is 4.01. The van der Waals surface area contributed by atoms with Crippen LogP contribution >= 0.6 is 0 Å². The van der Waals surface area contributed by atoms with Crippen molar-refractivity contribution in [3.8, 4) is 11.1 Å². The molecule has 0 unspecified atom stereocenters. The van der Waals surface area contributed by atoms with E-state index in [4.69, 9.17) is 4.74 Å². The van der Waals surface area contributed by atoms with Crippen molar-refractivity contribution in [2.24, 2.45) is 5.92 Å². The van der Waals surface area contributed by atoms with Crippen molar-refractivity contribution in [2.45, 2.75) is 39.0 Å². The molecule has 1 aliphatic rings. The number of hydrogen-bond acceptors (Lipinski definition) is 2. The van der Waals surface area contributed by atoms with Crippen LogP contribution in [0.5, 0.6) is 0 Å². The molecule has 2 aromatic carbocycles. The lowest BCUT2D eigenvalue weighted by atomic mass is 9.87. The highest BCUT2D eigenvalue weighted by molar-refractivity contribution is 5.68. The molecule has 0 bridgehead atoms. The summed E-state index contributed by atoms with van der Waals surface area (Å²) < 4.78 is 5.34. The van der Waals surface area contributed by atoms with Crippen LogP contribution in [0.2, 0.25) is 0 Å². The largest absolute Gasteiger partial charge is 0.449 e. The fourth-order valence-electron chi connectivity index (χ4n) is 3.62. The van der Waals surface area contributed by atoms with Crippen LogP contribution in [0, 0.1) is 5.92 Å². The molecule has 1 heterocycles. The standard InChI is InChI=1S/C23H29NO2/c1-2-3-17-26-23(25)24-15-13-19(14-16-24)18-21-11-7-8-12-22(21)20-9-5-4-6-10-20/h4-12,19H,2-3,13-18H2,1H3. The van der Waals surface area contributed by atoms with Crippen LogP contribution < -0.4 is 0 Å². The van der Waals surface area contributed by atoms with Crippen molar-refractivity contribution < 1.29 is 9.53 Å². The zero-order valence-electron chi connectivity index (χ0n) is 15.7. The number of carbonyl (C=O) groups excluding carboxylic acids is 1. The predicted molar refractivity (Wildman–Crippen MR) is 106 cm³/mol. The van der Waals surface area contributed by atoms with Crippen LogP contribution in [0.1, 0.15) is 38.2 Å². The summed E-state index contributed by atoms with van der Waals surface area (Å²) in [6.45, 7) is 4.26. The molecule has 1 aliphatic heterocycles. The van der Waals surface area contributed by atoms with Gasteiger partial charge in [0, 0.05) is 13.1 Å². The highest BCUT2D eigenvalue weighted by Gasteiger charge is 2.24. The summed E-state index contributed by atoms with van der Waals surface area (Å²) in [6.07, 6.45) is 5.03. The minimum Gasteiger partial charge on any atom is -0.449 e. The Morgan fingerprint density at radius 3 is 2.46 bits per heavy atom. The first kappa shape index (κ1) is 18.5. The molecule has 138 valence electrons. The second kappa shape index (κ2) is 9.42. The Labute approximate surface area is 157 Å². The minimum atomic E-state index is -0.137. The number of piperidine rings is 1. The smallest absolute Gasteiger partial charge is 0.409 e. The Morgan fingerprint density at radius 1 is 1.04 bits per heavy atom. The monoisotopic (exact) mass is 351 g/mol. The third-order valence-corrected chi connectivity index (χ3v) is 5.21. The molecule has 26 heavy (non-hydrogen) atoms. The number of unbranched alkanes of at least 4 members (excludes halogenated alkanes) is 1. The summed E-state index contributed by atoms with van der Waals surface area (Å²) in [5, 5.41) is 0. The maximum absolute atomic E-state index is 12.1. The molecule has 0 aliphatic carbocycles. The van der Waals surface area contributed by atoms with E-state index < -0.39 is 0 Å². The first-order valence-electron chi connectivity index (χ1n) is 9.83. The molecular weight excluding hydrogens is 322 g/mol. The SMILES string of the molecule is CCCCOC(=O)N1CCC(Cc2ccccc2-c2ccccc2)CC1. The van der Waals surface area contributed by atoms with Crippen LogP contribution in [-0.4, -0.2) is 30.7 Å². The van der Waals surface area contributed by atoms with Crippen LogP contribution in [0.4, 0.5) is 4.79 Å². The fraction of sp³-hybridized carbons (Fsp3) is 0.435. The fourth-order valence-corrected chi connectivity index (χ4v) is 3.62. The van der Waals surface area contributed by atoms with Gasteiger partial charge < -0.3 is 9.64 Å². The highest BCUT2D eigenvalue weighted by atomic mass is 16.6. The molecule has 1 saturated heterocycles. The van der Waals surface area contributed by atoms with Gasteiger partial charge in [-0.2, -0.15) is 0 Å². The lowest BCUT2D eigenvalue weighted by molar-refractivity contribution is 0.0867. The van der Waals surface area contributed by atoms with Crippen LogP contribution in [-0.2, 0) is 11.2 Å². The molecule has 2 aromatic rings. The van der Waals surface area contributed by atoms with E-state index in [1.807, 2.05) is 4.90 Å². The maximum Gasteiger partial charge on any atom is 0.409 e. The number of nitrogens with zero attached hydrogens (tertiary/aromatic N) is 1. The third-order valence-electron chi connectivity index (χ3n) is 5.21. The van der Waals surface area contributed by atoms with Gasteiger partial charge in [-0.3, -0.25) is 0 Å². The van der Waals surface area contributed by atoms with Gasteiger partial charge in [-0.1, -0.05) is 67.9 Å². The van der Waals surface area contributed by atoms with Gasteiger partial charge in [0.05, 0.1) is 6.61 Å². The molecular formula is C23H29NO2. The second-order valence-corrected chi connectivity index (χ2v) is 7.13. The molecule has 0 aromatic heterocycles. The van der Waals surface area contributed by atoms with Crippen molar-refractivity contribution in [1.29, 1.82) is 0 Å². The van der Waals surface area contributed by atoms with Gasteiger partial charge in [-0.15, -0.1) is 0 Å². The molecule has 3 rings (SSSR count). The molecule has 0 spiro atoms. The molecule has 1 amide bonds. The Hall–Kier alpha value is -2.29. The second-order valence-electron chi connectivity index (χ2n) is 7.13. The van der Waals surface area contributed by atoms with Crippen LogP contribution in [0.25, 0.3) is 11.1 Å². The average molecular weight is 351 g/mol. The number of ether oxygens (including phenoxy) is 1. The lowest BCUT2D eigenvalue weighted by Gasteiger charge is -2.31. The number of benzene rings is 2. The van der Waals surface area contributed by atoms with Gasteiger partial charge in [-0.25, -0.2) is 4.79 Å². The summed E-state index contributed by atoms with van der Waals surface area (Å²) in [4.78, 5) is 14.0. The Morgan fingerprint density at radius 2 is 1.73 bits per heavy atom. The van der Waals surface area contributed by atoms with Crippen molar-refractivity contribution in [1.82, 2.24) is 4.90 Å². The zero-order valence-corrected chi connectivity index (χ0v) is 15.7. The molecule has 1 fully saturated rings. The van der Waals surface area contributed by atoms with Gasteiger partial charge in [0.2, 0.25) is 0 Å². The van der Waals surface area contributed by atoms with Crippen molar-refractivity contribution in [3.63, 3.8) is 0 Å². The van der Waals surface area contributed by atoms with E-state index >= 15 is 0 Å². The predicted octanol–water partition coefficient (Wildman–Crippen LogP) is 5.54. The van der Waals surface area contributed by atoms with Crippen molar-refractivity contribution >= 4 is 6.09 Å². The zero-order chi connectivity index (χ0) is 18.2. The van der Waals surface area contributed by atoms with Gasteiger partial charge in [-0.05, 0) is 48.3 Å². The summed E-state index contributed by atoms with van der Waals surface area (Å²) in [6, 6.07) is 19.3. The van der Waals surface area contributed by atoms with Crippen molar-refractivity contribution in [3.05, 3.63) is 60.2 Å². The highest BCUT2D eigenvalue weighted by Crippen LogP contribution is 2.29. The number of carbonyl (C=O) groups is 1. The summed E-state index contributed by atoms with van der Waals surface area (Å²) in [5.74, 6) is 0.625. The topological polar surface area (TPSA) is 29.5 Å². The Bertz CT molecular complexity index is 690. The third kappa shape index (κ3) is 4.87. The van der Waals surface area contributed by atoms with E-state index in [-0.39, 0.29) is 6.09 Å². The Balaban J connectivity index is 1.56. The number of likely N-dealkylation sites (tertiary alicyclic amines) is 1. The molecule has 0 saturated carbocycles. The van der Waals surface area contributed by atoms with Gasteiger partial charge in [0.1, 0.15) is 0 Å². The van der Waals surface area contributed by atoms with E-state index in [9.17, 15) is 4.79 Å². The lowest BCUT2D eigenvalue weighted by Crippen LogP contribution is -2.39. The van der Waals surface area contributed by atoms with Gasteiger partial charge >= 0.3 is 6.09 Å². The van der Waals surface area contributed by atoms with Gasteiger partial charge in [0.25, 0.3) is 0 Å². The van der Waals surface area contributed by atoms with Crippen LogP contribution in [0.3, 0.4) is 0 Å². The van der Waals surface area contributed by atoms with Crippen LogP contribution in [0.15, 0.2) is 54.6 Å². The summed E-state index contributed by atoms with van der Waals surface area (Å²) in [7, 11) is 0. The molecule has 0 atom stereocenters. The quantitative estimate of drug-likeness (QED) is 0.639. The minimum absolute atomic E-state index is 0.137. The maximum atomic E-state index is 12.1. The van der Waals surface area contributed by atoms with E-state index in [1.165, 1.54) is 16.7 Å². The first-order chi connectivity index (χ1) is 12.8. The Kier molecular flexibility index (Phi) is 6.70. The number of rotatable bonds is 6. The van der Waals surface area contributed by atoms with E-state index in [0.29, 0.717) is 12.5 Å². The molecule has 3 heteroatoms. The summed E-state index contributed by atoms with van der Waals surface area (Å²) >= 11 is 0. The van der Waals surface area contributed by atoms with E-state index in [0.717, 1.165) is 45.2 Å². The molecule has 0 radical (unpaired) electrons. The molecule has 0 N–H and O–H groups in total. The average Bonchev–Trinajstić information content (AvgIpc) is 2.70. The normalized spacial score (nSPS) is 15.0.